The molecule has 24 heavy (non-hydrogen) atoms. The second kappa shape index (κ2) is 8.48. The van der Waals surface area contributed by atoms with Crippen LogP contribution in [0.3, 0.4) is 0 Å². The molecule has 0 unspecified atom stereocenters. The van der Waals surface area contributed by atoms with Gasteiger partial charge in [-0.3, -0.25) is 4.79 Å². The van der Waals surface area contributed by atoms with Crippen molar-refractivity contribution in [2.45, 2.75) is 40.5 Å². The SMILES string of the molecule is CCCN(CCC)C(=O)c1ccnc(Nc2cccc(C)c2C)c1. The Hall–Kier alpha value is -2.36. The van der Waals surface area contributed by atoms with Crippen LogP contribution in [0.1, 0.15) is 48.2 Å². The zero-order chi connectivity index (χ0) is 17.5. The molecule has 0 aliphatic carbocycles. The van der Waals surface area contributed by atoms with Gasteiger partial charge in [0.25, 0.3) is 5.91 Å². The summed E-state index contributed by atoms with van der Waals surface area (Å²) in [5, 5.41) is 3.33. The maximum atomic E-state index is 12.7. The lowest BCUT2D eigenvalue weighted by Crippen LogP contribution is -2.32. The number of benzene rings is 1. The molecule has 0 spiro atoms. The number of carbonyl (C=O) groups is 1. The average Bonchev–Trinajstić information content (AvgIpc) is 2.58. The molecule has 4 heteroatoms. The average molecular weight is 325 g/mol. The van der Waals surface area contributed by atoms with Gasteiger partial charge < -0.3 is 10.2 Å². The molecule has 2 aromatic rings. The lowest BCUT2D eigenvalue weighted by Gasteiger charge is -2.21. The van der Waals surface area contributed by atoms with Crippen molar-refractivity contribution >= 4 is 17.4 Å². The zero-order valence-corrected chi connectivity index (χ0v) is 15.1. The number of amides is 1. The summed E-state index contributed by atoms with van der Waals surface area (Å²) in [6.45, 7) is 9.92. The lowest BCUT2D eigenvalue weighted by molar-refractivity contribution is 0.0755. The van der Waals surface area contributed by atoms with Crippen molar-refractivity contribution < 1.29 is 4.79 Å². The molecule has 1 heterocycles. The zero-order valence-electron chi connectivity index (χ0n) is 15.1. The molecule has 0 saturated carbocycles. The van der Waals surface area contributed by atoms with Crippen molar-refractivity contribution in [3.63, 3.8) is 0 Å². The summed E-state index contributed by atoms with van der Waals surface area (Å²) in [6, 6.07) is 9.75. The molecule has 0 bridgehead atoms. The summed E-state index contributed by atoms with van der Waals surface area (Å²) in [4.78, 5) is 19.0. The molecule has 1 aromatic carbocycles. The summed E-state index contributed by atoms with van der Waals surface area (Å²) >= 11 is 0. The minimum absolute atomic E-state index is 0.0742. The predicted molar refractivity (Wildman–Crippen MR) is 99.9 cm³/mol. The minimum Gasteiger partial charge on any atom is -0.340 e. The van der Waals surface area contributed by atoms with E-state index in [1.807, 2.05) is 23.1 Å². The standard InChI is InChI=1S/C20H27N3O/c1-5-12-23(13-6-2)20(24)17-10-11-21-19(14-17)22-18-9-7-8-15(3)16(18)4/h7-11,14H,5-6,12-13H2,1-4H3,(H,21,22). The maximum absolute atomic E-state index is 12.7. The normalized spacial score (nSPS) is 10.5. The van der Waals surface area contributed by atoms with Gasteiger partial charge in [0.2, 0.25) is 0 Å². The van der Waals surface area contributed by atoms with Crippen LogP contribution in [0.2, 0.25) is 0 Å². The monoisotopic (exact) mass is 325 g/mol. The molecule has 0 atom stereocenters. The van der Waals surface area contributed by atoms with Crippen LogP contribution in [0.25, 0.3) is 0 Å². The molecule has 0 aliphatic rings. The van der Waals surface area contributed by atoms with Gasteiger partial charge in [-0.25, -0.2) is 4.98 Å². The van der Waals surface area contributed by atoms with E-state index in [9.17, 15) is 4.79 Å². The van der Waals surface area contributed by atoms with Crippen LogP contribution >= 0.6 is 0 Å². The van der Waals surface area contributed by atoms with Gasteiger partial charge in [-0.15, -0.1) is 0 Å². The third-order valence-corrected chi connectivity index (χ3v) is 4.15. The van der Waals surface area contributed by atoms with Crippen molar-refractivity contribution in [1.82, 2.24) is 9.88 Å². The lowest BCUT2D eigenvalue weighted by atomic mass is 10.1. The second-order valence-electron chi connectivity index (χ2n) is 6.09. The van der Waals surface area contributed by atoms with Crippen LogP contribution in [-0.4, -0.2) is 28.9 Å². The molecule has 128 valence electrons. The number of pyridine rings is 1. The third-order valence-electron chi connectivity index (χ3n) is 4.15. The molecule has 1 amide bonds. The molecule has 4 nitrogen and oxygen atoms in total. The van der Waals surface area contributed by atoms with E-state index in [0.29, 0.717) is 11.4 Å². The Labute approximate surface area is 144 Å². The maximum Gasteiger partial charge on any atom is 0.254 e. The number of hydrogen-bond acceptors (Lipinski definition) is 3. The van der Waals surface area contributed by atoms with E-state index in [2.05, 4.69) is 44.1 Å². The Morgan fingerprint density at radius 3 is 2.50 bits per heavy atom. The van der Waals surface area contributed by atoms with E-state index in [-0.39, 0.29) is 5.91 Å². The number of aromatic nitrogens is 1. The van der Waals surface area contributed by atoms with Gasteiger partial charge in [-0.1, -0.05) is 26.0 Å². The van der Waals surface area contributed by atoms with Crippen molar-refractivity contribution in [2.75, 3.05) is 18.4 Å². The first-order chi connectivity index (χ1) is 11.6. The van der Waals surface area contributed by atoms with E-state index in [0.717, 1.165) is 31.6 Å². The molecule has 0 radical (unpaired) electrons. The Kier molecular flexibility index (Phi) is 6.36. The number of nitrogens with one attached hydrogen (secondary N) is 1. The fraction of sp³-hybridized carbons (Fsp3) is 0.400. The number of hydrogen-bond donors (Lipinski definition) is 1. The van der Waals surface area contributed by atoms with Crippen molar-refractivity contribution in [3.05, 3.63) is 53.2 Å². The number of anilines is 2. The van der Waals surface area contributed by atoms with Crippen LogP contribution < -0.4 is 5.32 Å². The van der Waals surface area contributed by atoms with Gasteiger partial charge >= 0.3 is 0 Å². The second-order valence-corrected chi connectivity index (χ2v) is 6.09. The fourth-order valence-corrected chi connectivity index (χ4v) is 2.69. The van der Waals surface area contributed by atoms with Gasteiger partial charge in [0.05, 0.1) is 0 Å². The van der Waals surface area contributed by atoms with Crippen molar-refractivity contribution in [1.29, 1.82) is 0 Å². The number of carbonyl (C=O) groups excluding carboxylic acids is 1. The van der Waals surface area contributed by atoms with Crippen molar-refractivity contribution in [2.24, 2.45) is 0 Å². The highest BCUT2D eigenvalue weighted by molar-refractivity contribution is 5.95. The van der Waals surface area contributed by atoms with Gasteiger partial charge in [0.1, 0.15) is 5.82 Å². The highest BCUT2D eigenvalue weighted by Crippen LogP contribution is 2.22. The highest BCUT2D eigenvalue weighted by atomic mass is 16.2. The first kappa shape index (κ1) is 18.0. The van der Waals surface area contributed by atoms with Crippen molar-refractivity contribution in [3.8, 4) is 0 Å². The van der Waals surface area contributed by atoms with Crippen LogP contribution in [0.5, 0.6) is 0 Å². The number of nitrogens with zero attached hydrogens (tertiary/aromatic N) is 2. The predicted octanol–water partition coefficient (Wildman–Crippen LogP) is 4.70. The largest absolute Gasteiger partial charge is 0.340 e. The Balaban J connectivity index is 2.22. The van der Waals surface area contributed by atoms with Gasteiger partial charge in [0.15, 0.2) is 0 Å². The number of rotatable bonds is 7. The highest BCUT2D eigenvalue weighted by Gasteiger charge is 2.15. The summed E-state index contributed by atoms with van der Waals surface area (Å²) in [7, 11) is 0. The van der Waals surface area contributed by atoms with E-state index in [1.165, 1.54) is 11.1 Å². The molecular weight excluding hydrogens is 298 g/mol. The van der Waals surface area contributed by atoms with Crippen LogP contribution in [0.4, 0.5) is 11.5 Å². The molecule has 0 aliphatic heterocycles. The summed E-state index contributed by atoms with van der Waals surface area (Å²) in [5.74, 6) is 0.771. The number of aryl methyl sites for hydroxylation is 1. The molecule has 1 N–H and O–H groups in total. The van der Waals surface area contributed by atoms with Crippen LogP contribution in [0, 0.1) is 13.8 Å². The van der Waals surface area contributed by atoms with E-state index in [4.69, 9.17) is 0 Å². The van der Waals surface area contributed by atoms with E-state index >= 15 is 0 Å². The quantitative estimate of drug-likeness (QED) is 0.802. The summed E-state index contributed by atoms with van der Waals surface area (Å²) < 4.78 is 0. The topological polar surface area (TPSA) is 45.2 Å². The van der Waals surface area contributed by atoms with E-state index in [1.54, 1.807) is 12.3 Å². The van der Waals surface area contributed by atoms with Gasteiger partial charge in [0, 0.05) is 30.5 Å². The summed E-state index contributed by atoms with van der Waals surface area (Å²) in [6.07, 6.45) is 3.62. The molecule has 1 aromatic heterocycles. The Morgan fingerprint density at radius 1 is 1.12 bits per heavy atom. The van der Waals surface area contributed by atoms with Crippen LogP contribution in [0.15, 0.2) is 36.5 Å². The molecule has 2 rings (SSSR count). The van der Waals surface area contributed by atoms with Gasteiger partial charge in [-0.2, -0.15) is 0 Å². The third kappa shape index (κ3) is 4.34. The fourth-order valence-electron chi connectivity index (χ4n) is 2.69. The molecule has 0 fully saturated rings. The Bertz CT molecular complexity index is 691. The van der Waals surface area contributed by atoms with E-state index < -0.39 is 0 Å². The molecular formula is C20H27N3O. The first-order valence-corrected chi connectivity index (χ1v) is 8.65. The molecule has 0 saturated heterocycles. The smallest absolute Gasteiger partial charge is 0.254 e. The first-order valence-electron chi connectivity index (χ1n) is 8.65. The van der Waals surface area contributed by atoms with Crippen LogP contribution in [-0.2, 0) is 0 Å². The van der Waals surface area contributed by atoms with Gasteiger partial charge in [-0.05, 0) is 56.0 Å². The summed E-state index contributed by atoms with van der Waals surface area (Å²) in [5.41, 5.74) is 4.12. The Morgan fingerprint density at radius 2 is 1.83 bits per heavy atom. The minimum atomic E-state index is 0.0742.